The van der Waals surface area contributed by atoms with Crippen molar-refractivity contribution in [1.82, 2.24) is 9.78 Å². The van der Waals surface area contributed by atoms with E-state index in [1.807, 2.05) is 4.68 Å². The van der Waals surface area contributed by atoms with Gasteiger partial charge in [-0.15, -0.1) is 0 Å². The molecule has 0 radical (unpaired) electrons. The summed E-state index contributed by atoms with van der Waals surface area (Å²) < 4.78 is 2.92. The highest BCUT2D eigenvalue weighted by Crippen LogP contribution is 2.30. The highest BCUT2D eigenvalue weighted by Gasteiger charge is 2.19. The molecule has 0 saturated carbocycles. The van der Waals surface area contributed by atoms with Crippen LogP contribution < -0.4 is 5.73 Å². The van der Waals surface area contributed by atoms with Crippen LogP contribution in [0.4, 0.5) is 0 Å². The molecular formula is C11H14BrN3S. The Morgan fingerprint density at radius 1 is 1.56 bits per heavy atom. The summed E-state index contributed by atoms with van der Waals surface area (Å²) in [6, 6.07) is -0.108. The fraction of sp³-hybridized carbons (Fsp3) is 0.364. The summed E-state index contributed by atoms with van der Waals surface area (Å²) >= 11 is 5.19. The second-order valence-electron chi connectivity index (χ2n) is 3.68. The van der Waals surface area contributed by atoms with E-state index in [4.69, 9.17) is 5.73 Å². The van der Waals surface area contributed by atoms with Gasteiger partial charge in [-0.1, -0.05) is 0 Å². The molecule has 0 aliphatic rings. The van der Waals surface area contributed by atoms with Crippen LogP contribution in [0.1, 0.15) is 29.8 Å². The Bertz CT molecular complexity index is 489. The molecule has 0 bridgehead atoms. The van der Waals surface area contributed by atoms with E-state index in [0.29, 0.717) is 0 Å². The van der Waals surface area contributed by atoms with Gasteiger partial charge in [-0.3, -0.25) is 4.68 Å². The predicted molar refractivity (Wildman–Crippen MR) is 70.7 cm³/mol. The first-order valence-electron chi connectivity index (χ1n) is 5.14. The smallest absolute Gasteiger partial charge is 0.0745 e. The largest absolute Gasteiger partial charge is 0.319 e. The molecule has 1 unspecified atom stereocenters. The van der Waals surface area contributed by atoms with Crippen LogP contribution >= 0.6 is 27.3 Å². The van der Waals surface area contributed by atoms with Crippen LogP contribution in [0.5, 0.6) is 0 Å². The number of hydrogen-bond donors (Lipinski definition) is 1. The van der Waals surface area contributed by atoms with Crippen LogP contribution in [0.15, 0.2) is 21.4 Å². The fourth-order valence-electron chi connectivity index (χ4n) is 1.77. The van der Waals surface area contributed by atoms with Gasteiger partial charge in [-0.25, -0.2) is 0 Å². The highest BCUT2D eigenvalue weighted by molar-refractivity contribution is 9.10. The molecule has 2 aromatic rings. The van der Waals surface area contributed by atoms with Gasteiger partial charge in [0, 0.05) is 6.54 Å². The van der Waals surface area contributed by atoms with Crippen LogP contribution in [0, 0.1) is 6.92 Å². The molecule has 5 heteroatoms. The van der Waals surface area contributed by atoms with Gasteiger partial charge in [-0.2, -0.15) is 16.4 Å². The number of halogens is 1. The molecule has 86 valence electrons. The first-order valence-corrected chi connectivity index (χ1v) is 6.88. The maximum Gasteiger partial charge on any atom is 0.0745 e. The van der Waals surface area contributed by atoms with Crippen molar-refractivity contribution in [3.63, 3.8) is 0 Å². The minimum Gasteiger partial charge on any atom is -0.319 e. The molecule has 2 rings (SSSR count). The lowest BCUT2D eigenvalue weighted by molar-refractivity contribution is 0.599. The maximum absolute atomic E-state index is 6.30. The third-order valence-corrected chi connectivity index (χ3v) is 4.15. The fourth-order valence-corrected chi connectivity index (χ4v) is 3.20. The Morgan fingerprint density at radius 2 is 2.31 bits per heavy atom. The molecule has 2 heterocycles. The van der Waals surface area contributed by atoms with Gasteiger partial charge in [0.25, 0.3) is 0 Å². The normalized spacial score (nSPS) is 13.0. The van der Waals surface area contributed by atoms with Gasteiger partial charge in [0.2, 0.25) is 0 Å². The van der Waals surface area contributed by atoms with Crippen LogP contribution in [-0.2, 0) is 6.54 Å². The van der Waals surface area contributed by atoms with E-state index in [-0.39, 0.29) is 6.04 Å². The molecule has 16 heavy (non-hydrogen) atoms. The number of thiophene rings is 1. The Balaban J connectivity index is 2.44. The Morgan fingerprint density at radius 3 is 2.88 bits per heavy atom. The monoisotopic (exact) mass is 299 g/mol. The van der Waals surface area contributed by atoms with Crippen molar-refractivity contribution in [2.75, 3.05) is 0 Å². The van der Waals surface area contributed by atoms with E-state index in [0.717, 1.165) is 16.7 Å². The van der Waals surface area contributed by atoms with Gasteiger partial charge in [0.05, 0.1) is 22.4 Å². The average Bonchev–Trinajstić information content (AvgIpc) is 2.83. The molecule has 0 spiro atoms. The minimum absolute atomic E-state index is 0.108. The summed E-state index contributed by atoms with van der Waals surface area (Å²) in [6.07, 6.45) is 1.81. The van der Waals surface area contributed by atoms with Gasteiger partial charge >= 0.3 is 0 Å². The van der Waals surface area contributed by atoms with Gasteiger partial charge in [-0.05, 0) is 51.7 Å². The molecule has 0 aliphatic carbocycles. The predicted octanol–water partition coefficient (Wildman–Crippen LogP) is 3.08. The van der Waals surface area contributed by atoms with Crippen LogP contribution in [0.3, 0.4) is 0 Å². The zero-order valence-electron chi connectivity index (χ0n) is 9.27. The second kappa shape index (κ2) is 4.69. The Hall–Kier alpha value is -0.650. The first kappa shape index (κ1) is 11.8. The molecule has 2 N–H and O–H groups in total. The Labute approximate surface area is 107 Å². The second-order valence-corrected chi connectivity index (χ2v) is 5.28. The van der Waals surface area contributed by atoms with E-state index in [1.54, 1.807) is 17.5 Å². The van der Waals surface area contributed by atoms with Crippen molar-refractivity contribution < 1.29 is 0 Å². The molecule has 0 saturated heterocycles. The van der Waals surface area contributed by atoms with E-state index < -0.39 is 0 Å². The zero-order chi connectivity index (χ0) is 11.7. The first-order chi connectivity index (χ1) is 7.65. The van der Waals surface area contributed by atoms with E-state index >= 15 is 0 Å². The lowest BCUT2D eigenvalue weighted by Gasteiger charge is -2.14. The number of nitrogens with two attached hydrogens (primary N) is 1. The number of aryl methyl sites for hydroxylation is 2. The number of aromatic nitrogens is 2. The van der Waals surface area contributed by atoms with Crippen molar-refractivity contribution in [3.8, 4) is 0 Å². The summed E-state index contributed by atoms with van der Waals surface area (Å²) in [5.74, 6) is 0. The number of nitrogens with zero attached hydrogens (tertiary/aromatic N) is 2. The maximum atomic E-state index is 6.30. The number of hydrogen-bond acceptors (Lipinski definition) is 3. The SMILES string of the molecule is CCn1ncc(Br)c1C(N)c1cscc1C. The lowest BCUT2D eigenvalue weighted by atomic mass is 10.0. The van der Waals surface area contributed by atoms with Gasteiger partial charge < -0.3 is 5.73 Å². The van der Waals surface area contributed by atoms with Crippen LogP contribution in [0.25, 0.3) is 0 Å². The summed E-state index contributed by atoms with van der Waals surface area (Å²) in [5.41, 5.74) is 9.77. The van der Waals surface area contributed by atoms with Gasteiger partial charge in [0.15, 0.2) is 0 Å². The van der Waals surface area contributed by atoms with Crippen molar-refractivity contribution in [1.29, 1.82) is 0 Å². The lowest BCUT2D eigenvalue weighted by Crippen LogP contribution is -2.17. The molecule has 0 fully saturated rings. The highest BCUT2D eigenvalue weighted by atomic mass is 79.9. The van der Waals surface area contributed by atoms with Gasteiger partial charge in [0.1, 0.15) is 0 Å². The topological polar surface area (TPSA) is 43.8 Å². The van der Waals surface area contributed by atoms with Crippen LogP contribution in [0.2, 0.25) is 0 Å². The Kier molecular flexibility index (Phi) is 3.47. The molecule has 0 amide bonds. The third kappa shape index (κ3) is 1.95. The van der Waals surface area contributed by atoms with Crippen molar-refractivity contribution in [2.24, 2.45) is 5.73 Å². The zero-order valence-corrected chi connectivity index (χ0v) is 11.7. The quantitative estimate of drug-likeness (QED) is 0.946. The van der Waals surface area contributed by atoms with E-state index in [9.17, 15) is 0 Å². The van der Waals surface area contributed by atoms with Crippen molar-refractivity contribution in [3.05, 3.63) is 38.3 Å². The standard InChI is InChI=1S/C11H14BrN3S/c1-3-15-11(9(12)4-14-15)10(13)8-6-16-5-7(8)2/h4-6,10H,3,13H2,1-2H3. The van der Waals surface area contributed by atoms with Crippen molar-refractivity contribution >= 4 is 27.3 Å². The average molecular weight is 300 g/mol. The van der Waals surface area contributed by atoms with E-state index in [2.05, 4.69) is 45.6 Å². The molecule has 3 nitrogen and oxygen atoms in total. The van der Waals surface area contributed by atoms with Crippen molar-refractivity contribution in [2.45, 2.75) is 26.4 Å². The number of rotatable bonds is 3. The molecule has 0 aliphatic heterocycles. The summed E-state index contributed by atoms with van der Waals surface area (Å²) in [6.45, 7) is 4.99. The van der Waals surface area contributed by atoms with E-state index in [1.165, 1.54) is 11.1 Å². The minimum atomic E-state index is -0.108. The van der Waals surface area contributed by atoms with Crippen LogP contribution in [-0.4, -0.2) is 9.78 Å². The molecular weight excluding hydrogens is 286 g/mol. The third-order valence-electron chi connectivity index (χ3n) is 2.66. The summed E-state index contributed by atoms with van der Waals surface area (Å²) in [7, 11) is 0. The molecule has 2 aromatic heterocycles. The summed E-state index contributed by atoms with van der Waals surface area (Å²) in [5, 5.41) is 8.52. The molecule has 1 atom stereocenters. The summed E-state index contributed by atoms with van der Waals surface area (Å²) in [4.78, 5) is 0. The molecule has 0 aromatic carbocycles.